The highest BCUT2D eigenvalue weighted by Gasteiger charge is 2.18. The molecule has 0 amide bonds. The Kier molecular flexibility index (Phi) is 8.17. The van der Waals surface area contributed by atoms with Gasteiger partial charge in [-0.05, 0) is 60.6 Å². The van der Waals surface area contributed by atoms with Crippen LogP contribution in [0.2, 0.25) is 0 Å². The highest BCUT2D eigenvalue weighted by molar-refractivity contribution is 5.74. The number of ether oxygens (including phenoxy) is 2. The second kappa shape index (κ2) is 9.43. The quantitative estimate of drug-likeness (QED) is 0.301. The predicted molar refractivity (Wildman–Crippen MR) is 109 cm³/mol. The van der Waals surface area contributed by atoms with Crippen LogP contribution >= 0.6 is 0 Å². The lowest BCUT2D eigenvalue weighted by atomic mass is 9.87. The molecule has 0 N–H and O–H groups in total. The monoisotopic (exact) mass is 362 g/mol. The van der Waals surface area contributed by atoms with Gasteiger partial charge < -0.3 is 9.47 Å². The van der Waals surface area contributed by atoms with Gasteiger partial charge in [-0.25, -0.2) is 0 Å². The summed E-state index contributed by atoms with van der Waals surface area (Å²) in [5, 5.41) is 0. The van der Waals surface area contributed by atoms with Crippen molar-refractivity contribution in [1.29, 1.82) is 0 Å². The molecule has 3 nitrogen and oxygen atoms in total. The van der Waals surface area contributed by atoms with Crippen molar-refractivity contribution in [3.8, 4) is 11.5 Å². The van der Waals surface area contributed by atoms with Crippen LogP contribution in [0, 0.1) is 17.8 Å². The van der Waals surface area contributed by atoms with Gasteiger partial charge in [0.2, 0.25) is 0 Å². The predicted octanol–water partition coefficient (Wildman–Crippen LogP) is 6.49. The molecule has 26 heavy (non-hydrogen) atoms. The van der Waals surface area contributed by atoms with E-state index in [4.69, 9.17) is 9.47 Å². The van der Waals surface area contributed by atoms with E-state index in [1.165, 1.54) is 5.56 Å². The van der Waals surface area contributed by atoms with Crippen LogP contribution in [0.25, 0.3) is 0 Å². The summed E-state index contributed by atoms with van der Waals surface area (Å²) in [5.74, 6) is 1.08. The summed E-state index contributed by atoms with van der Waals surface area (Å²) in [6.45, 7) is 18.0. The summed E-state index contributed by atoms with van der Waals surface area (Å²) < 4.78 is 11.7. The van der Waals surface area contributed by atoms with Gasteiger partial charge in [0.15, 0.2) is 11.5 Å². The summed E-state index contributed by atoms with van der Waals surface area (Å²) >= 11 is 0. The van der Waals surface area contributed by atoms with Gasteiger partial charge in [0.1, 0.15) is 0 Å². The van der Waals surface area contributed by atoms with E-state index in [1.807, 2.05) is 19.9 Å². The van der Waals surface area contributed by atoms with Crippen LogP contribution in [0.5, 0.6) is 11.5 Å². The fourth-order valence-corrected chi connectivity index (χ4v) is 2.92. The van der Waals surface area contributed by atoms with Crippen LogP contribution in [-0.4, -0.2) is 12.6 Å². The molecule has 1 aromatic rings. The van der Waals surface area contributed by atoms with Crippen LogP contribution < -0.4 is 9.47 Å². The maximum absolute atomic E-state index is 12.0. The first kappa shape index (κ1) is 22.5. The fraction of sp³-hybridized carbons (Fsp3) is 0.696. The number of hydrogen-bond acceptors (Lipinski definition) is 3. The van der Waals surface area contributed by atoms with Gasteiger partial charge in [0.25, 0.3) is 0 Å². The van der Waals surface area contributed by atoms with Gasteiger partial charge in [-0.15, -0.1) is 0 Å². The third kappa shape index (κ3) is 8.73. The lowest BCUT2D eigenvalue weighted by molar-refractivity contribution is -0.134. The topological polar surface area (TPSA) is 35.5 Å². The molecule has 0 radical (unpaired) electrons. The Balaban J connectivity index is 3.00. The maximum atomic E-state index is 12.0. The van der Waals surface area contributed by atoms with Gasteiger partial charge in [-0.1, -0.05) is 54.5 Å². The van der Waals surface area contributed by atoms with Gasteiger partial charge in [-0.3, -0.25) is 4.79 Å². The molecular weight excluding hydrogens is 324 g/mol. The van der Waals surface area contributed by atoms with Crippen molar-refractivity contribution >= 4 is 5.97 Å². The summed E-state index contributed by atoms with van der Waals surface area (Å²) in [5.41, 5.74) is 2.67. The summed E-state index contributed by atoms with van der Waals surface area (Å²) in [7, 11) is 0. The molecule has 0 aromatic heterocycles. The van der Waals surface area contributed by atoms with E-state index in [9.17, 15) is 4.79 Å². The molecule has 148 valence electrons. The Hall–Kier alpha value is -1.51. The average molecular weight is 363 g/mol. The molecule has 0 unspecified atom stereocenters. The number of aryl methyl sites for hydroxylation is 1. The van der Waals surface area contributed by atoms with Crippen LogP contribution in [0.1, 0.15) is 85.3 Å². The SMILES string of the molecule is CCCC(=O)Oc1c(C)cc(CC(C)(C)C)cc1OCCCC(C)(C)C. The van der Waals surface area contributed by atoms with Crippen molar-refractivity contribution in [3.05, 3.63) is 23.3 Å². The van der Waals surface area contributed by atoms with E-state index in [-0.39, 0.29) is 11.4 Å². The third-order valence-electron chi connectivity index (χ3n) is 4.03. The van der Waals surface area contributed by atoms with E-state index in [1.54, 1.807) is 0 Å². The number of esters is 1. The summed E-state index contributed by atoms with van der Waals surface area (Å²) in [6.07, 6.45) is 4.23. The van der Waals surface area contributed by atoms with Crippen molar-refractivity contribution in [3.63, 3.8) is 0 Å². The number of hydrogen-bond donors (Lipinski definition) is 0. The minimum absolute atomic E-state index is 0.191. The molecule has 0 fully saturated rings. The van der Waals surface area contributed by atoms with Crippen LogP contribution in [0.3, 0.4) is 0 Å². The minimum Gasteiger partial charge on any atom is -0.490 e. The van der Waals surface area contributed by atoms with Crippen molar-refractivity contribution in [2.45, 2.75) is 87.5 Å². The molecule has 1 aromatic carbocycles. The molecule has 0 aliphatic heterocycles. The van der Waals surface area contributed by atoms with Crippen LogP contribution in [0.15, 0.2) is 12.1 Å². The lowest BCUT2D eigenvalue weighted by Crippen LogP contribution is -2.13. The average Bonchev–Trinajstić information content (AvgIpc) is 2.44. The van der Waals surface area contributed by atoms with Gasteiger partial charge in [0, 0.05) is 6.42 Å². The molecule has 0 saturated heterocycles. The maximum Gasteiger partial charge on any atom is 0.311 e. The molecular formula is C23H38O3. The second-order valence-corrected chi connectivity index (χ2v) is 9.71. The van der Waals surface area contributed by atoms with E-state index >= 15 is 0 Å². The molecule has 3 heteroatoms. The highest BCUT2D eigenvalue weighted by Crippen LogP contribution is 2.35. The normalized spacial score (nSPS) is 12.2. The zero-order valence-corrected chi connectivity index (χ0v) is 18.1. The lowest BCUT2D eigenvalue weighted by Gasteiger charge is -2.22. The van der Waals surface area contributed by atoms with Crippen molar-refractivity contribution < 1.29 is 14.3 Å². The first-order valence-corrected chi connectivity index (χ1v) is 9.88. The van der Waals surface area contributed by atoms with E-state index in [0.29, 0.717) is 29.9 Å². The largest absolute Gasteiger partial charge is 0.490 e. The zero-order valence-electron chi connectivity index (χ0n) is 18.1. The molecule has 0 bridgehead atoms. The fourth-order valence-electron chi connectivity index (χ4n) is 2.92. The Morgan fingerprint density at radius 1 is 1.04 bits per heavy atom. The summed E-state index contributed by atoms with van der Waals surface area (Å²) in [4.78, 5) is 12.0. The zero-order chi connectivity index (χ0) is 20.0. The number of carbonyl (C=O) groups excluding carboxylic acids is 1. The smallest absolute Gasteiger partial charge is 0.311 e. The van der Waals surface area contributed by atoms with Crippen LogP contribution in [0.4, 0.5) is 0 Å². The molecule has 1 rings (SSSR count). The highest BCUT2D eigenvalue weighted by atomic mass is 16.6. The first-order chi connectivity index (χ1) is 11.9. The van der Waals surface area contributed by atoms with Crippen LogP contribution in [-0.2, 0) is 11.2 Å². The van der Waals surface area contributed by atoms with Crippen molar-refractivity contribution in [2.75, 3.05) is 6.61 Å². The van der Waals surface area contributed by atoms with Gasteiger partial charge in [0.05, 0.1) is 6.61 Å². The molecule has 0 heterocycles. The third-order valence-corrected chi connectivity index (χ3v) is 4.03. The van der Waals surface area contributed by atoms with Gasteiger partial charge in [-0.2, -0.15) is 0 Å². The number of benzene rings is 1. The van der Waals surface area contributed by atoms with Gasteiger partial charge >= 0.3 is 5.97 Å². The standard InChI is InChI=1S/C23H38O3/c1-9-11-20(24)26-21-17(2)14-18(16-23(6,7)8)15-19(21)25-13-10-12-22(3,4)5/h14-15H,9-13,16H2,1-8H3. The molecule has 0 spiro atoms. The van der Waals surface area contributed by atoms with Crippen molar-refractivity contribution in [2.24, 2.45) is 10.8 Å². The van der Waals surface area contributed by atoms with Crippen molar-refractivity contribution in [1.82, 2.24) is 0 Å². The Bertz CT molecular complexity index is 589. The Morgan fingerprint density at radius 3 is 2.23 bits per heavy atom. The first-order valence-electron chi connectivity index (χ1n) is 9.88. The second-order valence-electron chi connectivity index (χ2n) is 9.71. The Morgan fingerprint density at radius 2 is 1.69 bits per heavy atom. The van der Waals surface area contributed by atoms with E-state index in [0.717, 1.165) is 31.2 Å². The molecule has 0 aliphatic rings. The summed E-state index contributed by atoms with van der Waals surface area (Å²) in [6, 6.07) is 4.16. The number of rotatable bonds is 8. The minimum atomic E-state index is -0.196. The van der Waals surface area contributed by atoms with E-state index < -0.39 is 0 Å². The Labute approximate surface area is 160 Å². The number of carbonyl (C=O) groups is 1. The molecule has 0 aliphatic carbocycles. The molecule has 0 saturated carbocycles. The van der Waals surface area contributed by atoms with E-state index in [2.05, 4.69) is 47.6 Å². The molecule has 0 atom stereocenters.